The zero-order chi connectivity index (χ0) is 13.7. The van der Waals surface area contributed by atoms with Crippen molar-refractivity contribution in [3.05, 3.63) is 0 Å². The second-order valence-electron chi connectivity index (χ2n) is 4.28. The van der Waals surface area contributed by atoms with Gasteiger partial charge in [0, 0.05) is 13.2 Å². The molecule has 0 aliphatic carbocycles. The van der Waals surface area contributed by atoms with E-state index in [0.29, 0.717) is 26.2 Å². The molecule has 0 rings (SSSR count). The van der Waals surface area contributed by atoms with Gasteiger partial charge in [0.25, 0.3) is 0 Å². The van der Waals surface area contributed by atoms with E-state index >= 15 is 0 Å². The summed E-state index contributed by atoms with van der Waals surface area (Å²) in [6.07, 6.45) is 3.83. The van der Waals surface area contributed by atoms with Crippen molar-refractivity contribution in [3.8, 4) is 0 Å². The molecular weight excluding hydrogens is 252 g/mol. The second-order valence-corrected chi connectivity index (χ2v) is 6.21. The largest absolute Gasteiger partial charge is 0.380 e. The molecule has 0 aromatic rings. The molecule has 2 N–H and O–H groups in total. The zero-order valence-corrected chi connectivity index (χ0v) is 12.5. The van der Waals surface area contributed by atoms with Crippen LogP contribution in [0.4, 0.5) is 0 Å². The summed E-state index contributed by atoms with van der Waals surface area (Å²) in [6, 6.07) is 0. The maximum atomic E-state index is 11.6. The number of sulfonamides is 1. The van der Waals surface area contributed by atoms with Crippen molar-refractivity contribution >= 4 is 10.0 Å². The summed E-state index contributed by atoms with van der Waals surface area (Å²) in [5, 5.41) is 3.18. The molecule has 0 fully saturated rings. The molecule has 0 atom stereocenters. The minimum atomic E-state index is -3.13. The number of ether oxygens (including phenoxy) is 1. The lowest BCUT2D eigenvalue weighted by Crippen LogP contribution is -2.31. The Balaban J connectivity index is 3.43. The van der Waals surface area contributed by atoms with E-state index < -0.39 is 10.0 Å². The summed E-state index contributed by atoms with van der Waals surface area (Å²) >= 11 is 0. The predicted molar refractivity (Wildman–Crippen MR) is 75.3 cm³/mol. The minimum absolute atomic E-state index is 0.179. The summed E-state index contributed by atoms with van der Waals surface area (Å²) in [5.41, 5.74) is 0. The van der Waals surface area contributed by atoms with Gasteiger partial charge in [-0.25, -0.2) is 13.1 Å². The molecule has 0 bridgehead atoms. The third-order valence-electron chi connectivity index (χ3n) is 2.40. The van der Waals surface area contributed by atoms with Gasteiger partial charge in [0.05, 0.1) is 12.4 Å². The predicted octanol–water partition coefficient (Wildman–Crippen LogP) is 1.11. The van der Waals surface area contributed by atoms with Gasteiger partial charge < -0.3 is 10.1 Å². The molecule has 0 saturated heterocycles. The van der Waals surface area contributed by atoms with Gasteiger partial charge in [-0.15, -0.1) is 0 Å². The molecular formula is C12H28N2O3S. The Morgan fingerprint density at radius 3 is 2.39 bits per heavy atom. The molecule has 0 unspecified atom stereocenters. The van der Waals surface area contributed by atoms with Crippen LogP contribution in [0.5, 0.6) is 0 Å². The summed E-state index contributed by atoms with van der Waals surface area (Å²) in [7, 11) is -3.13. The van der Waals surface area contributed by atoms with Crippen LogP contribution in [0, 0.1) is 0 Å². The third-order valence-corrected chi connectivity index (χ3v) is 3.87. The average molecular weight is 280 g/mol. The van der Waals surface area contributed by atoms with Crippen LogP contribution >= 0.6 is 0 Å². The second kappa shape index (κ2) is 11.9. The standard InChI is InChI=1S/C12H28N2O3S/c1-3-5-10-17-11-9-14-18(15,16)12-6-8-13-7-4-2/h13-14H,3-12H2,1-2H3. The minimum Gasteiger partial charge on any atom is -0.380 e. The Morgan fingerprint density at radius 2 is 1.72 bits per heavy atom. The van der Waals surface area contributed by atoms with E-state index in [1.54, 1.807) is 0 Å². The van der Waals surface area contributed by atoms with Crippen LogP contribution in [0.3, 0.4) is 0 Å². The molecule has 0 aromatic heterocycles. The molecule has 0 aliphatic heterocycles. The fraction of sp³-hybridized carbons (Fsp3) is 1.00. The van der Waals surface area contributed by atoms with Gasteiger partial charge in [-0.1, -0.05) is 20.3 Å². The highest BCUT2D eigenvalue weighted by Crippen LogP contribution is 1.90. The van der Waals surface area contributed by atoms with Gasteiger partial charge >= 0.3 is 0 Å². The van der Waals surface area contributed by atoms with Crippen LogP contribution in [-0.4, -0.2) is 47.0 Å². The summed E-state index contributed by atoms with van der Waals surface area (Å²) in [5.74, 6) is 0.179. The maximum Gasteiger partial charge on any atom is 0.211 e. The molecule has 6 heteroatoms. The van der Waals surface area contributed by atoms with Crippen molar-refractivity contribution in [1.82, 2.24) is 10.0 Å². The first-order valence-corrected chi connectivity index (χ1v) is 8.53. The van der Waals surface area contributed by atoms with Gasteiger partial charge in [0.2, 0.25) is 10.0 Å². The highest BCUT2D eigenvalue weighted by molar-refractivity contribution is 7.89. The van der Waals surface area contributed by atoms with Crippen molar-refractivity contribution in [1.29, 1.82) is 0 Å². The summed E-state index contributed by atoms with van der Waals surface area (Å²) in [4.78, 5) is 0. The number of hydrogen-bond donors (Lipinski definition) is 2. The lowest BCUT2D eigenvalue weighted by atomic mass is 10.4. The normalized spacial score (nSPS) is 11.9. The van der Waals surface area contributed by atoms with E-state index in [1.165, 1.54) is 0 Å². The van der Waals surface area contributed by atoms with Gasteiger partial charge in [-0.05, 0) is 32.4 Å². The molecule has 0 aromatic carbocycles. The molecule has 110 valence electrons. The Labute approximate surface area is 112 Å². The van der Waals surface area contributed by atoms with Crippen molar-refractivity contribution in [3.63, 3.8) is 0 Å². The molecule has 5 nitrogen and oxygen atoms in total. The van der Waals surface area contributed by atoms with Gasteiger partial charge in [0.15, 0.2) is 0 Å². The first-order chi connectivity index (χ1) is 8.62. The van der Waals surface area contributed by atoms with Gasteiger partial charge in [-0.2, -0.15) is 0 Å². The summed E-state index contributed by atoms with van der Waals surface area (Å²) in [6.45, 7) is 7.41. The Bertz CT molecular complexity index is 268. The zero-order valence-electron chi connectivity index (χ0n) is 11.7. The van der Waals surface area contributed by atoms with Crippen molar-refractivity contribution in [2.75, 3.05) is 38.6 Å². The number of nitrogens with one attached hydrogen (secondary N) is 2. The van der Waals surface area contributed by atoms with Crippen molar-refractivity contribution in [2.24, 2.45) is 0 Å². The van der Waals surface area contributed by atoms with Crippen LogP contribution < -0.4 is 10.0 Å². The number of unbranched alkanes of at least 4 members (excludes halogenated alkanes) is 1. The topological polar surface area (TPSA) is 67.4 Å². The van der Waals surface area contributed by atoms with Gasteiger partial charge in [-0.3, -0.25) is 0 Å². The lowest BCUT2D eigenvalue weighted by Gasteiger charge is -2.07. The summed E-state index contributed by atoms with van der Waals surface area (Å²) < 4.78 is 30.9. The van der Waals surface area contributed by atoms with Crippen molar-refractivity contribution in [2.45, 2.75) is 39.5 Å². The molecule has 0 aliphatic rings. The molecule has 0 saturated carbocycles. The van der Waals surface area contributed by atoms with Crippen LogP contribution in [-0.2, 0) is 14.8 Å². The van der Waals surface area contributed by atoms with Gasteiger partial charge in [0.1, 0.15) is 0 Å². The molecule has 0 radical (unpaired) electrons. The smallest absolute Gasteiger partial charge is 0.211 e. The van der Waals surface area contributed by atoms with E-state index in [1.807, 2.05) is 0 Å². The quantitative estimate of drug-likeness (QED) is 0.496. The van der Waals surface area contributed by atoms with Crippen LogP contribution in [0.15, 0.2) is 0 Å². The van der Waals surface area contributed by atoms with Crippen LogP contribution in [0.1, 0.15) is 39.5 Å². The van der Waals surface area contributed by atoms with E-state index in [2.05, 4.69) is 23.9 Å². The molecule has 0 amide bonds. The van der Waals surface area contributed by atoms with E-state index in [-0.39, 0.29) is 5.75 Å². The number of rotatable bonds is 13. The number of hydrogen-bond acceptors (Lipinski definition) is 4. The fourth-order valence-corrected chi connectivity index (χ4v) is 2.44. The highest BCUT2D eigenvalue weighted by atomic mass is 32.2. The lowest BCUT2D eigenvalue weighted by molar-refractivity contribution is 0.136. The molecule has 18 heavy (non-hydrogen) atoms. The fourth-order valence-electron chi connectivity index (χ4n) is 1.38. The van der Waals surface area contributed by atoms with E-state index in [9.17, 15) is 8.42 Å². The first-order valence-electron chi connectivity index (χ1n) is 6.88. The Kier molecular flexibility index (Phi) is 11.8. The average Bonchev–Trinajstić information content (AvgIpc) is 2.33. The monoisotopic (exact) mass is 280 g/mol. The Morgan fingerprint density at radius 1 is 0.944 bits per heavy atom. The first kappa shape index (κ1) is 17.8. The Hall–Kier alpha value is -0.170. The van der Waals surface area contributed by atoms with E-state index in [4.69, 9.17) is 4.74 Å². The third kappa shape index (κ3) is 12.3. The molecule has 0 heterocycles. The highest BCUT2D eigenvalue weighted by Gasteiger charge is 2.08. The van der Waals surface area contributed by atoms with Crippen LogP contribution in [0.2, 0.25) is 0 Å². The van der Waals surface area contributed by atoms with Crippen LogP contribution in [0.25, 0.3) is 0 Å². The van der Waals surface area contributed by atoms with E-state index in [0.717, 1.165) is 32.4 Å². The molecule has 0 spiro atoms. The SMILES string of the molecule is CCCCOCCNS(=O)(=O)CCCNCCC. The maximum absolute atomic E-state index is 11.6. The van der Waals surface area contributed by atoms with Crippen molar-refractivity contribution < 1.29 is 13.2 Å².